The summed E-state index contributed by atoms with van der Waals surface area (Å²) in [6.45, 7) is 3.46. The standard InChI is InChI=1S/C15H23ClN2O/c1-18(10-12-3-2-8-19-11-12)15-9-14(16)5-4-13(15)6-7-17/h4-5,9,12H,2-3,6-8,10-11,17H2,1H3. The monoisotopic (exact) mass is 282 g/mol. The number of benzene rings is 1. The molecule has 3 nitrogen and oxygen atoms in total. The van der Waals surface area contributed by atoms with E-state index in [1.165, 1.54) is 24.1 Å². The van der Waals surface area contributed by atoms with Crippen LogP contribution in [0.3, 0.4) is 0 Å². The van der Waals surface area contributed by atoms with Crippen LogP contribution in [0.1, 0.15) is 18.4 Å². The summed E-state index contributed by atoms with van der Waals surface area (Å²) >= 11 is 6.12. The molecule has 0 amide bonds. The van der Waals surface area contributed by atoms with Crippen LogP contribution in [-0.2, 0) is 11.2 Å². The Morgan fingerprint density at radius 3 is 3.00 bits per heavy atom. The number of hydrogen-bond donors (Lipinski definition) is 1. The quantitative estimate of drug-likeness (QED) is 0.902. The Hall–Kier alpha value is -0.770. The Labute approximate surface area is 120 Å². The van der Waals surface area contributed by atoms with Gasteiger partial charge in [-0.05, 0) is 49.4 Å². The van der Waals surface area contributed by atoms with E-state index in [1.54, 1.807) is 0 Å². The van der Waals surface area contributed by atoms with E-state index in [-0.39, 0.29) is 0 Å². The third kappa shape index (κ3) is 4.10. The number of nitrogens with zero attached hydrogens (tertiary/aromatic N) is 1. The fraction of sp³-hybridized carbons (Fsp3) is 0.600. The van der Waals surface area contributed by atoms with E-state index < -0.39 is 0 Å². The van der Waals surface area contributed by atoms with E-state index in [0.717, 1.165) is 31.2 Å². The molecule has 0 bridgehead atoms. The zero-order chi connectivity index (χ0) is 13.7. The molecule has 1 heterocycles. The van der Waals surface area contributed by atoms with Crippen LogP contribution >= 0.6 is 11.6 Å². The SMILES string of the molecule is CN(CC1CCCOC1)c1cc(Cl)ccc1CCN. The molecular formula is C15H23ClN2O. The first kappa shape index (κ1) is 14.6. The van der Waals surface area contributed by atoms with Crippen molar-refractivity contribution in [1.29, 1.82) is 0 Å². The van der Waals surface area contributed by atoms with Crippen LogP contribution in [0.15, 0.2) is 18.2 Å². The van der Waals surface area contributed by atoms with Crippen LogP contribution in [-0.4, -0.2) is 33.4 Å². The van der Waals surface area contributed by atoms with Gasteiger partial charge in [0.15, 0.2) is 0 Å². The molecule has 0 radical (unpaired) electrons. The predicted molar refractivity (Wildman–Crippen MR) is 81.0 cm³/mol. The maximum absolute atomic E-state index is 6.12. The maximum atomic E-state index is 6.12. The molecule has 106 valence electrons. The minimum Gasteiger partial charge on any atom is -0.381 e. The van der Waals surface area contributed by atoms with Gasteiger partial charge in [-0.3, -0.25) is 0 Å². The summed E-state index contributed by atoms with van der Waals surface area (Å²) in [6.07, 6.45) is 3.30. The Bertz CT molecular complexity index is 405. The van der Waals surface area contributed by atoms with Gasteiger partial charge in [-0.15, -0.1) is 0 Å². The Kier molecular flexibility index (Phi) is 5.49. The van der Waals surface area contributed by atoms with Crippen molar-refractivity contribution in [3.8, 4) is 0 Å². The third-order valence-corrected chi connectivity index (χ3v) is 3.89. The van der Waals surface area contributed by atoms with Crippen molar-refractivity contribution in [2.45, 2.75) is 19.3 Å². The maximum Gasteiger partial charge on any atom is 0.0511 e. The molecular weight excluding hydrogens is 260 g/mol. The lowest BCUT2D eigenvalue weighted by atomic mass is 10.0. The Balaban J connectivity index is 2.07. The zero-order valence-corrected chi connectivity index (χ0v) is 12.3. The molecule has 4 heteroatoms. The summed E-state index contributed by atoms with van der Waals surface area (Å²) in [6, 6.07) is 6.06. The summed E-state index contributed by atoms with van der Waals surface area (Å²) in [5, 5.41) is 0.780. The van der Waals surface area contributed by atoms with Crippen LogP contribution in [0.25, 0.3) is 0 Å². The predicted octanol–water partition coefficient (Wildman–Crippen LogP) is 2.70. The number of ether oxygens (including phenoxy) is 1. The van der Waals surface area contributed by atoms with Crippen molar-refractivity contribution < 1.29 is 4.74 Å². The highest BCUT2D eigenvalue weighted by Gasteiger charge is 2.17. The van der Waals surface area contributed by atoms with Crippen molar-refractivity contribution in [3.63, 3.8) is 0 Å². The van der Waals surface area contributed by atoms with Gasteiger partial charge >= 0.3 is 0 Å². The normalized spacial score (nSPS) is 19.4. The molecule has 1 saturated heterocycles. The summed E-state index contributed by atoms with van der Waals surface area (Å²) in [5.41, 5.74) is 8.15. The van der Waals surface area contributed by atoms with Gasteiger partial charge in [-0.1, -0.05) is 17.7 Å². The molecule has 0 aliphatic carbocycles. The second kappa shape index (κ2) is 7.13. The van der Waals surface area contributed by atoms with Crippen LogP contribution in [0.2, 0.25) is 5.02 Å². The second-order valence-electron chi connectivity index (χ2n) is 5.28. The van der Waals surface area contributed by atoms with Crippen LogP contribution in [0.5, 0.6) is 0 Å². The molecule has 0 aromatic heterocycles. The first-order valence-corrected chi connectivity index (χ1v) is 7.36. The average molecular weight is 283 g/mol. The molecule has 0 spiro atoms. The highest BCUT2D eigenvalue weighted by atomic mass is 35.5. The lowest BCUT2D eigenvalue weighted by Gasteiger charge is -2.29. The molecule has 19 heavy (non-hydrogen) atoms. The van der Waals surface area contributed by atoms with Gasteiger partial charge < -0.3 is 15.4 Å². The van der Waals surface area contributed by atoms with Crippen molar-refractivity contribution in [1.82, 2.24) is 0 Å². The van der Waals surface area contributed by atoms with Gasteiger partial charge in [0.1, 0.15) is 0 Å². The van der Waals surface area contributed by atoms with Crippen LogP contribution < -0.4 is 10.6 Å². The first-order chi connectivity index (χ1) is 9.20. The first-order valence-electron chi connectivity index (χ1n) is 6.98. The molecule has 1 aromatic carbocycles. The fourth-order valence-electron chi connectivity index (χ4n) is 2.70. The van der Waals surface area contributed by atoms with Gasteiger partial charge in [-0.25, -0.2) is 0 Å². The number of hydrogen-bond acceptors (Lipinski definition) is 3. The second-order valence-corrected chi connectivity index (χ2v) is 5.71. The smallest absolute Gasteiger partial charge is 0.0511 e. The topological polar surface area (TPSA) is 38.5 Å². The molecule has 2 N–H and O–H groups in total. The minimum absolute atomic E-state index is 0.614. The summed E-state index contributed by atoms with van der Waals surface area (Å²) in [4.78, 5) is 2.29. The highest BCUT2D eigenvalue weighted by Crippen LogP contribution is 2.26. The fourth-order valence-corrected chi connectivity index (χ4v) is 2.86. The van der Waals surface area contributed by atoms with E-state index in [2.05, 4.69) is 18.0 Å². The van der Waals surface area contributed by atoms with Gasteiger partial charge in [0.05, 0.1) is 6.61 Å². The van der Waals surface area contributed by atoms with Crippen molar-refractivity contribution in [3.05, 3.63) is 28.8 Å². The van der Waals surface area contributed by atoms with E-state index in [4.69, 9.17) is 22.1 Å². The van der Waals surface area contributed by atoms with Crippen LogP contribution in [0.4, 0.5) is 5.69 Å². The third-order valence-electron chi connectivity index (χ3n) is 3.66. The molecule has 1 aliphatic heterocycles. The van der Waals surface area contributed by atoms with Crippen LogP contribution in [0, 0.1) is 5.92 Å². The molecule has 2 rings (SSSR count). The number of halogens is 1. The van der Waals surface area contributed by atoms with E-state index >= 15 is 0 Å². The number of rotatable bonds is 5. The van der Waals surface area contributed by atoms with Crippen molar-refractivity contribution >= 4 is 17.3 Å². The number of nitrogens with two attached hydrogens (primary N) is 1. The Morgan fingerprint density at radius 1 is 1.47 bits per heavy atom. The molecule has 1 aromatic rings. The van der Waals surface area contributed by atoms with E-state index in [0.29, 0.717) is 12.5 Å². The van der Waals surface area contributed by atoms with Crippen molar-refractivity contribution in [2.24, 2.45) is 11.7 Å². The van der Waals surface area contributed by atoms with Gasteiger partial charge in [0, 0.05) is 30.9 Å². The van der Waals surface area contributed by atoms with Gasteiger partial charge in [0.2, 0.25) is 0 Å². The van der Waals surface area contributed by atoms with E-state index in [1.807, 2.05) is 12.1 Å². The molecule has 1 atom stereocenters. The van der Waals surface area contributed by atoms with Gasteiger partial charge in [-0.2, -0.15) is 0 Å². The largest absolute Gasteiger partial charge is 0.381 e. The summed E-state index contributed by atoms with van der Waals surface area (Å²) < 4.78 is 5.55. The van der Waals surface area contributed by atoms with Gasteiger partial charge in [0.25, 0.3) is 0 Å². The number of anilines is 1. The average Bonchev–Trinajstić information content (AvgIpc) is 2.42. The Morgan fingerprint density at radius 2 is 2.32 bits per heavy atom. The van der Waals surface area contributed by atoms with E-state index in [9.17, 15) is 0 Å². The van der Waals surface area contributed by atoms with Crippen molar-refractivity contribution in [2.75, 3.05) is 38.3 Å². The lowest BCUT2D eigenvalue weighted by molar-refractivity contribution is 0.0576. The summed E-state index contributed by atoms with van der Waals surface area (Å²) in [5.74, 6) is 0.614. The lowest BCUT2D eigenvalue weighted by Crippen LogP contribution is -2.31. The molecule has 1 aliphatic rings. The molecule has 1 unspecified atom stereocenters. The summed E-state index contributed by atoms with van der Waals surface area (Å²) in [7, 11) is 2.13. The molecule has 1 fully saturated rings. The molecule has 0 saturated carbocycles. The minimum atomic E-state index is 0.614. The highest BCUT2D eigenvalue weighted by molar-refractivity contribution is 6.30. The zero-order valence-electron chi connectivity index (χ0n) is 11.6.